The third-order valence-electron chi connectivity index (χ3n) is 5.12. The molecule has 0 atom stereocenters. The van der Waals surface area contributed by atoms with Gasteiger partial charge in [-0.1, -0.05) is 72.4 Å². The van der Waals surface area contributed by atoms with Crippen molar-refractivity contribution in [1.82, 2.24) is 10.2 Å². The number of nitrogens with zero attached hydrogens (tertiary/aromatic N) is 3. The van der Waals surface area contributed by atoms with Gasteiger partial charge < -0.3 is 9.52 Å². The Morgan fingerprint density at radius 1 is 0.818 bits per heavy atom. The molecule has 0 bridgehead atoms. The quantitative estimate of drug-likeness (QED) is 0.315. The molecule has 33 heavy (non-hydrogen) atoms. The lowest BCUT2D eigenvalue weighted by molar-refractivity contribution is -0.115. The zero-order valence-electron chi connectivity index (χ0n) is 17.5. The number of para-hydroxylation sites is 2. The van der Waals surface area contributed by atoms with Crippen LogP contribution in [-0.2, 0) is 4.79 Å². The van der Waals surface area contributed by atoms with Gasteiger partial charge in [-0.3, -0.25) is 9.69 Å². The number of benzene rings is 4. The van der Waals surface area contributed by atoms with E-state index in [9.17, 15) is 9.90 Å². The van der Waals surface area contributed by atoms with E-state index in [2.05, 4.69) is 10.2 Å². The summed E-state index contributed by atoms with van der Waals surface area (Å²) < 4.78 is 5.66. The maximum absolute atomic E-state index is 13.4. The minimum Gasteiger partial charge on any atom is -0.507 e. The summed E-state index contributed by atoms with van der Waals surface area (Å²) in [5, 5.41) is 20.4. The molecular formula is C26H19N3O3S. The molecule has 5 aromatic rings. The Kier molecular flexibility index (Phi) is 5.78. The van der Waals surface area contributed by atoms with Crippen molar-refractivity contribution < 1.29 is 14.3 Å². The molecule has 5 rings (SSSR count). The summed E-state index contributed by atoms with van der Waals surface area (Å²) in [7, 11) is 0. The monoisotopic (exact) mass is 453 g/mol. The number of aromatic nitrogens is 2. The fourth-order valence-corrected chi connectivity index (χ4v) is 4.16. The molecule has 0 aliphatic carbocycles. The van der Waals surface area contributed by atoms with E-state index in [1.807, 2.05) is 72.8 Å². The Morgan fingerprint density at radius 3 is 2.36 bits per heavy atom. The van der Waals surface area contributed by atoms with Crippen molar-refractivity contribution in [2.24, 2.45) is 0 Å². The van der Waals surface area contributed by atoms with Gasteiger partial charge in [0.2, 0.25) is 5.91 Å². The molecule has 162 valence electrons. The van der Waals surface area contributed by atoms with E-state index in [0.29, 0.717) is 5.56 Å². The Morgan fingerprint density at radius 2 is 1.55 bits per heavy atom. The van der Waals surface area contributed by atoms with Gasteiger partial charge in [0.25, 0.3) is 11.1 Å². The number of hydrogen-bond acceptors (Lipinski definition) is 6. The molecule has 1 N–H and O–H groups in total. The maximum Gasteiger partial charge on any atom is 0.277 e. The van der Waals surface area contributed by atoms with E-state index in [1.54, 1.807) is 29.2 Å². The number of carbonyl (C=O) groups excluding carboxylic acids is 1. The van der Waals surface area contributed by atoms with Crippen molar-refractivity contribution in [2.75, 3.05) is 10.7 Å². The minimum atomic E-state index is -0.121. The number of thioether (sulfide) groups is 1. The fourth-order valence-electron chi connectivity index (χ4n) is 3.55. The molecule has 0 aliphatic rings. The molecule has 0 saturated carbocycles. The average Bonchev–Trinajstić information content (AvgIpc) is 3.33. The topological polar surface area (TPSA) is 79.5 Å². The van der Waals surface area contributed by atoms with E-state index >= 15 is 0 Å². The van der Waals surface area contributed by atoms with Gasteiger partial charge in [0.05, 0.1) is 11.3 Å². The first-order valence-electron chi connectivity index (χ1n) is 10.3. The van der Waals surface area contributed by atoms with Crippen LogP contribution in [0, 0.1) is 0 Å². The Bertz CT molecular complexity index is 1420. The molecule has 7 heteroatoms. The highest BCUT2D eigenvalue weighted by molar-refractivity contribution is 7.99. The van der Waals surface area contributed by atoms with Crippen LogP contribution in [0.2, 0.25) is 0 Å². The van der Waals surface area contributed by atoms with E-state index in [1.165, 1.54) is 0 Å². The predicted octanol–water partition coefficient (Wildman–Crippen LogP) is 6.05. The first kappa shape index (κ1) is 20.8. The number of phenols is 1. The van der Waals surface area contributed by atoms with Crippen molar-refractivity contribution in [1.29, 1.82) is 0 Å². The van der Waals surface area contributed by atoms with Gasteiger partial charge in [0, 0.05) is 11.4 Å². The van der Waals surface area contributed by atoms with Crippen LogP contribution in [0.15, 0.2) is 107 Å². The third kappa shape index (κ3) is 4.44. The van der Waals surface area contributed by atoms with Gasteiger partial charge >= 0.3 is 0 Å². The van der Waals surface area contributed by atoms with Crippen LogP contribution < -0.4 is 4.90 Å². The fraction of sp³-hybridized carbons (Fsp3) is 0.0385. The lowest BCUT2D eigenvalue weighted by atomic mass is 10.1. The first-order valence-corrected chi connectivity index (χ1v) is 11.3. The van der Waals surface area contributed by atoms with E-state index in [4.69, 9.17) is 4.42 Å². The molecule has 0 aliphatic heterocycles. The molecule has 0 radical (unpaired) electrons. The van der Waals surface area contributed by atoms with Gasteiger partial charge in [-0.25, -0.2) is 0 Å². The van der Waals surface area contributed by atoms with E-state index in [0.717, 1.165) is 33.9 Å². The van der Waals surface area contributed by atoms with Crippen LogP contribution in [0.25, 0.3) is 22.2 Å². The standard InChI is InChI=1S/C26H19N3O3S/c30-23-13-7-6-12-22(23)25-27-28-26(32-25)33-17-24(31)29(20-10-2-1-3-11-20)21-15-14-18-8-4-5-9-19(18)16-21/h1-16,30H,17H2. The van der Waals surface area contributed by atoms with Crippen LogP contribution in [0.3, 0.4) is 0 Å². The summed E-state index contributed by atoms with van der Waals surface area (Å²) in [5.41, 5.74) is 2.01. The molecular weight excluding hydrogens is 434 g/mol. The summed E-state index contributed by atoms with van der Waals surface area (Å²) in [4.78, 5) is 15.1. The lowest BCUT2D eigenvalue weighted by Crippen LogP contribution is -2.27. The zero-order valence-corrected chi connectivity index (χ0v) is 18.3. The molecule has 0 saturated heterocycles. The Balaban J connectivity index is 1.39. The predicted molar refractivity (Wildman–Crippen MR) is 130 cm³/mol. The number of amides is 1. The smallest absolute Gasteiger partial charge is 0.277 e. The van der Waals surface area contributed by atoms with Crippen LogP contribution in [0.1, 0.15) is 0 Å². The summed E-state index contributed by atoms with van der Waals surface area (Å²) in [6.07, 6.45) is 0. The highest BCUT2D eigenvalue weighted by Gasteiger charge is 2.20. The van der Waals surface area contributed by atoms with E-state index in [-0.39, 0.29) is 28.5 Å². The van der Waals surface area contributed by atoms with Gasteiger partial charge in [-0.15, -0.1) is 10.2 Å². The number of anilines is 2. The van der Waals surface area contributed by atoms with Crippen LogP contribution in [0.5, 0.6) is 5.75 Å². The number of hydrogen-bond donors (Lipinski definition) is 1. The second-order valence-electron chi connectivity index (χ2n) is 7.28. The number of aromatic hydroxyl groups is 1. The lowest BCUT2D eigenvalue weighted by Gasteiger charge is -2.23. The van der Waals surface area contributed by atoms with Gasteiger partial charge in [-0.2, -0.15) is 0 Å². The zero-order chi connectivity index (χ0) is 22.6. The van der Waals surface area contributed by atoms with Crippen molar-refractivity contribution in [2.45, 2.75) is 5.22 Å². The van der Waals surface area contributed by atoms with Crippen molar-refractivity contribution >= 4 is 39.8 Å². The van der Waals surface area contributed by atoms with E-state index < -0.39 is 0 Å². The molecule has 6 nitrogen and oxygen atoms in total. The van der Waals surface area contributed by atoms with Crippen molar-refractivity contribution in [3.05, 3.63) is 97.1 Å². The molecule has 4 aromatic carbocycles. The summed E-state index contributed by atoms with van der Waals surface area (Å²) >= 11 is 1.16. The van der Waals surface area contributed by atoms with Gasteiger partial charge in [0.15, 0.2) is 0 Å². The van der Waals surface area contributed by atoms with Crippen molar-refractivity contribution in [3.63, 3.8) is 0 Å². The normalized spacial score (nSPS) is 10.9. The molecule has 1 amide bonds. The highest BCUT2D eigenvalue weighted by Crippen LogP contribution is 2.32. The summed E-state index contributed by atoms with van der Waals surface area (Å²) in [6, 6.07) is 30.3. The second kappa shape index (κ2) is 9.18. The van der Waals surface area contributed by atoms with Crippen LogP contribution in [-0.4, -0.2) is 27.0 Å². The number of fused-ring (bicyclic) bond motifs is 1. The number of carbonyl (C=O) groups is 1. The van der Waals surface area contributed by atoms with Crippen LogP contribution in [0.4, 0.5) is 11.4 Å². The summed E-state index contributed by atoms with van der Waals surface area (Å²) in [5.74, 6) is 0.242. The van der Waals surface area contributed by atoms with Crippen LogP contribution >= 0.6 is 11.8 Å². The van der Waals surface area contributed by atoms with Gasteiger partial charge in [-0.05, 0) is 47.2 Å². The summed E-state index contributed by atoms with van der Waals surface area (Å²) in [6.45, 7) is 0. The SMILES string of the molecule is O=C(CSc1nnc(-c2ccccc2O)o1)N(c1ccccc1)c1ccc2ccccc2c1. The Hall–Kier alpha value is -4.10. The number of rotatable bonds is 6. The second-order valence-corrected chi connectivity index (χ2v) is 8.20. The third-order valence-corrected chi connectivity index (χ3v) is 5.92. The van der Waals surface area contributed by atoms with Crippen molar-refractivity contribution in [3.8, 4) is 17.2 Å². The molecule has 1 heterocycles. The highest BCUT2D eigenvalue weighted by atomic mass is 32.2. The molecule has 0 fully saturated rings. The molecule has 0 unspecified atom stereocenters. The minimum absolute atomic E-state index is 0.0559. The molecule has 1 aromatic heterocycles. The Labute approximate surface area is 194 Å². The maximum atomic E-state index is 13.4. The van der Waals surface area contributed by atoms with Gasteiger partial charge in [0.1, 0.15) is 5.75 Å². The first-order chi connectivity index (χ1) is 16.2. The number of phenolic OH excluding ortho intramolecular Hbond substituents is 1. The molecule has 0 spiro atoms. The largest absolute Gasteiger partial charge is 0.507 e. The average molecular weight is 454 g/mol.